The summed E-state index contributed by atoms with van der Waals surface area (Å²) in [6.07, 6.45) is 9.60. The van der Waals surface area contributed by atoms with Gasteiger partial charge in [0.2, 0.25) is 0 Å². The highest BCUT2D eigenvalue weighted by Gasteiger charge is 2.06. The summed E-state index contributed by atoms with van der Waals surface area (Å²) in [5, 5.41) is 2.18. The van der Waals surface area contributed by atoms with Crippen LogP contribution in [0.2, 0.25) is 0 Å². The van der Waals surface area contributed by atoms with E-state index in [9.17, 15) is 0 Å². The number of hydrogen-bond donors (Lipinski definition) is 0. The van der Waals surface area contributed by atoms with E-state index in [2.05, 4.69) is 22.0 Å². The first-order valence-electron chi connectivity index (χ1n) is 5.45. The van der Waals surface area contributed by atoms with E-state index in [1.54, 1.807) is 12.4 Å². The molecule has 0 radical (unpaired) electrons. The molecule has 3 rings (SSSR count). The average Bonchev–Trinajstić information content (AvgIpc) is 2.39. The molecule has 1 aromatic carbocycles. The maximum absolute atomic E-state index is 5.41. The Bertz CT molecular complexity index is 739. The van der Waals surface area contributed by atoms with Crippen LogP contribution < -0.4 is 0 Å². The van der Waals surface area contributed by atoms with Gasteiger partial charge in [-0.1, -0.05) is 12.1 Å². The molecule has 80 valence electrons. The van der Waals surface area contributed by atoms with Crippen molar-refractivity contribution >= 4 is 21.8 Å². The van der Waals surface area contributed by atoms with E-state index in [1.165, 1.54) is 0 Å². The molecular weight excluding hydrogens is 208 g/mol. The summed E-state index contributed by atoms with van der Waals surface area (Å²) >= 11 is 0. The highest BCUT2D eigenvalue weighted by Crippen LogP contribution is 2.25. The predicted molar refractivity (Wildman–Crippen MR) is 69.6 cm³/mol. The molecule has 3 aromatic rings. The normalized spacial score (nSPS) is 10.5. The molecule has 17 heavy (non-hydrogen) atoms. The lowest BCUT2D eigenvalue weighted by molar-refractivity contribution is 1.32. The number of fused-ring (bicyclic) bond motifs is 3. The van der Waals surface area contributed by atoms with Crippen molar-refractivity contribution in [3.05, 3.63) is 48.3 Å². The van der Waals surface area contributed by atoms with Gasteiger partial charge in [-0.05, 0) is 23.8 Å². The molecule has 0 unspecified atom stereocenters. The van der Waals surface area contributed by atoms with Crippen molar-refractivity contribution in [3.8, 4) is 12.3 Å². The van der Waals surface area contributed by atoms with Crippen LogP contribution in [-0.2, 0) is 6.42 Å². The van der Waals surface area contributed by atoms with Crippen LogP contribution in [0.5, 0.6) is 0 Å². The molecule has 0 amide bonds. The summed E-state index contributed by atoms with van der Waals surface area (Å²) in [5.41, 5.74) is 3.00. The topological polar surface area (TPSA) is 25.8 Å². The summed E-state index contributed by atoms with van der Waals surface area (Å²) in [6.45, 7) is 0. The first-order chi connectivity index (χ1) is 8.40. The fraction of sp³-hybridized carbons (Fsp3) is 0.0667. The summed E-state index contributed by atoms with van der Waals surface area (Å²) in [5.74, 6) is 2.69. The van der Waals surface area contributed by atoms with Crippen molar-refractivity contribution in [2.45, 2.75) is 6.42 Å². The van der Waals surface area contributed by atoms with Crippen molar-refractivity contribution in [1.29, 1.82) is 0 Å². The number of aromatic nitrogens is 2. The molecule has 2 heterocycles. The van der Waals surface area contributed by atoms with Crippen LogP contribution in [0.1, 0.15) is 5.56 Å². The Morgan fingerprint density at radius 1 is 1.06 bits per heavy atom. The summed E-state index contributed by atoms with van der Waals surface area (Å²) in [4.78, 5) is 8.82. The van der Waals surface area contributed by atoms with Crippen LogP contribution in [0.3, 0.4) is 0 Å². The maximum Gasteiger partial charge on any atom is 0.0967 e. The summed E-state index contributed by atoms with van der Waals surface area (Å²) in [6, 6.07) is 10.0. The molecule has 0 bridgehead atoms. The van der Waals surface area contributed by atoms with Crippen LogP contribution >= 0.6 is 0 Å². The fourth-order valence-electron chi connectivity index (χ4n) is 2.11. The molecule has 0 spiro atoms. The number of pyridine rings is 2. The molecule has 0 aliphatic carbocycles. The van der Waals surface area contributed by atoms with Gasteiger partial charge in [0.25, 0.3) is 0 Å². The molecule has 0 saturated heterocycles. The van der Waals surface area contributed by atoms with Crippen molar-refractivity contribution in [2.75, 3.05) is 0 Å². The molecule has 0 atom stereocenters. The van der Waals surface area contributed by atoms with Crippen LogP contribution in [0.4, 0.5) is 0 Å². The zero-order chi connectivity index (χ0) is 11.7. The lowest BCUT2D eigenvalue weighted by Gasteiger charge is -2.06. The van der Waals surface area contributed by atoms with Gasteiger partial charge < -0.3 is 0 Å². The third kappa shape index (κ3) is 1.53. The van der Waals surface area contributed by atoms with Gasteiger partial charge in [0.15, 0.2) is 0 Å². The molecular formula is C15H10N2. The number of rotatable bonds is 1. The Balaban J connectivity index is 2.51. The Hall–Kier alpha value is -2.40. The monoisotopic (exact) mass is 218 g/mol. The van der Waals surface area contributed by atoms with Gasteiger partial charge in [-0.25, -0.2) is 0 Å². The van der Waals surface area contributed by atoms with Crippen LogP contribution in [0.15, 0.2) is 42.7 Å². The standard InChI is InChI=1S/C15H10N2/c1-2-5-11-10-12-6-3-8-16-14(12)15-13(11)7-4-9-17-15/h1,3-4,6-10H,5H2. The van der Waals surface area contributed by atoms with E-state index in [-0.39, 0.29) is 0 Å². The number of hydrogen-bond acceptors (Lipinski definition) is 2. The van der Waals surface area contributed by atoms with Crippen LogP contribution in [-0.4, -0.2) is 9.97 Å². The zero-order valence-corrected chi connectivity index (χ0v) is 9.22. The first-order valence-corrected chi connectivity index (χ1v) is 5.45. The second-order valence-electron chi connectivity index (χ2n) is 3.89. The molecule has 0 saturated carbocycles. The fourth-order valence-corrected chi connectivity index (χ4v) is 2.11. The Morgan fingerprint density at radius 3 is 2.65 bits per heavy atom. The Kier molecular flexibility index (Phi) is 2.23. The molecule has 0 N–H and O–H groups in total. The summed E-state index contributed by atoms with van der Waals surface area (Å²) < 4.78 is 0. The van der Waals surface area contributed by atoms with Gasteiger partial charge >= 0.3 is 0 Å². The third-order valence-electron chi connectivity index (χ3n) is 2.84. The first kappa shape index (κ1) is 9.80. The highest BCUT2D eigenvalue weighted by molar-refractivity contribution is 6.04. The molecule has 0 fully saturated rings. The van der Waals surface area contributed by atoms with Crippen molar-refractivity contribution in [1.82, 2.24) is 9.97 Å². The smallest absolute Gasteiger partial charge is 0.0967 e. The second kappa shape index (κ2) is 3.88. The van der Waals surface area contributed by atoms with Crippen LogP contribution in [0.25, 0.3) is 21.8 Å². The highest BCUT2D eigenvalue weighted by atomic mass is 14.7. The van der Waals surface area contributed by atoms with Gasteiger partial charge in [-0.3, -0.25) is 9.97 Å². The molecule has 2 heteroatoms. The SMILES string of the molecule is C#CCc1cc2cccnc2c2ncccc12. The minimum Gasteiger partial charge on any atom is -0.254 e. The van der Waals surface area contributed by atoms with E-state index in [0.717, 1.165) is 27.4 Å². The average molecular weight is 218 g/mol. The van der Waals surface area contributed by atoms with E-state index >= 15 is 0 Å². The van der Waals surface area contributed by atoms with Gasteiger partial charge in [-0.2, -0.15) is 0 Å². The minimum absolute atomic E-state index is 0.618. The van der Waals surface area contributed by atoms with Crippen molar-refractivity contribution < 1.29 is 0 Å². The molecule has 0 aliphatic heterocycles. The molecule has 0 aliphatic rings. The minimum atomic E-state index is 0.618. The maximum atomic E-state index is 5.41. The number of terminal acetylenes is 1. The predicted octanol–water partition coefficient (Wildman–Crippen LogP) is 2.96. The molecule has 2 aromatic heterocycles. The van der Waals surface area contributed by atoms with E-state index in [1.807, 2.05) is 24.3 Å². The Morgan fingerprint density at radius 2 is 1.82 bits per heavy atom. The quantitative estimate of drug-likeness (QED) is 0.463. The Labute approximate surface area is 99.3 Å². The van der Waals surface area contributed by atoms with E-state index in [4.69, 9.17) is 6.42 Å². The second-order valence-corrected chi connectivity index (χ2v) is 3.89. The summed E-state index contributed by atoms with van der Waals surface area (Å²) in [7, 11) is 0. The zero-order valence-electron chi connectivity index (χ0n) is 9.22. The van der Waals surface area contributed by atoms with Crippen molar-refractivity contribution in [3.63, 3.8) is 0 Å². The lowest BCUT2D eigenvalue weighted by Crippen LogP contribution is -1.90. The van der Waals surface area contributed by atoms with E-state index in [0.29, 0.717) is 6.42 Å². The lowest BCUT2D eigenvalue weighted by atomic mass is 10.0. The largest absolute Gasteiger partial charge is 0.254 e. The van der Waals surface area contributed by atoms with Gasteiger partial charge in [0.1, 0.15) is 0 Å². The van der Waals surface area contributed by atoms with Gasteiger partial charge in [-0.15, -0.1) is 12.3 Å². The third-order valence-corrected chi connectivity index (χ3v) is 2.84. The van der Waals surface area contributed by atoms with E-state index < -0.39 is 0 Å². The number of nitrogens with zero attached hydrogens (tertiary/aromatic N) is 2. The number of benzene rings is 1. The molecule has 2 nitrogen and oxygen atoms in total. The van der Waals surface area contributed by atoms with Crippen molar-refractivity contribution in [2.24, 2.45) is 0 Å². The van der Waals surface area contributed by atoms with Crippen LogP contribution in [0, 0.1) is 12.3 Å². The van der Waals surface area contributed by atoms with Gasteiger partial charge in [0.05, 0.1) is 11.0 Å². The van der Waals surface area contributed by atoms with Gasteiger partial charge in [0, 0.05) is 29.6 Å².